The molecule has 0 aromatic heterocycles. The zero-order chi connectivity index (χ0) is 18.8. The van der Waals surface area contributed by atoms with E-state index in [-0.39, 0.29) is 12.0 Å². The lowest BCUT2D eigenvalue weighted by molar-refractivity contribution is 0.0676. The van der Waals surface area contributed by atoms with Crippen LogP contribution in [0.2, 0.25) is 0 Å². The van der Waals surface area contributed by atoms with E-state index in [0.717, 1.165) is 63.5 Å². The molecule has 0 spiro atoms. The monoisotopic (exact) mass is 372 g/mol. The third-order valence-corrected chi connectivity index (χ3v) is 5.83. The number of hydrogen-bond acceptors (Lipinski definition) is 5. The number of anilines is 1. The number of rotatable bonds is 4. The van der Waals surface area contributed by atoms with Gasteiger partial charge in [0.1, 0.15) is 0 Å². The molecule has 2 amide bonds. The number of piperazine rings is 1. The van der Waals surface area contributed by atoms with Crippen LogP contribution in [0.15, 0.2) is 18.2 Å². The Balaban J connectivity index is 1.33. The molecule has 0 atom stereocenters. The number of ether oxygens (including phenoxy) is 1. The molecule has 27 heavy (non-hydrogen) atoms. The standard InChI is InChI=1S/C20H28N4O3/c1-2-27-20(26)24-12-9-21(10-13-24)8-11-23-15-14-22-7-6-16-4-3-5-17(18(16)22)19(23)25/h3-5H,2,6-15H2,1H3. The normalized spacial score (nSPS) is 19.9. The molecular weight excluding hydrogens is 344 g/mol. The molecule has 1 fully saturated rings. The first-order chi connectivity index (χ1) is 13.2. The SMILES string of the molecule is CCOC(=O)N1CCN(CCN2CCN3CCc4cccc(c43)C2=O)CC1. The van der Waals surface area contributed by atoms with E-state index in [1.165, 1.54) is 5.56 Å². The van der Waals surface area contributed by atoms with Crippen LogP contribution in [-0.4, -0.2) is 92.2 Å². The maximum absolute atomic E-state index is 13.1. The molecule has 0 radical (unpaired) electrons. The smallest absolute Gasteiger partial charge is 0.409 e. The van der Waals surface area contributed by atoms with Crippen LogP contribution < -0.4 is 4.90 Å². The van der Waals surface area contributed by atoms with Crippen LogP contribution in [-0.2, 0) is 11.2 Å². The molecule has 1 aromatic rings. The van der Waals surface area contributed by atoms with Crippen LogP contribution in [0.1, 0.15) is 22.8 Å². The van der Waals surface area contributed by atoms with Gasteiger partial charge in [-0.15, -0.1) is 0 Å². The molecule has 3 aliphatic heterocycles. The molecule has 3 heterocycles. The van der Waals surface area contributed by atoms with Crippen molar-refractivity contribution in [3.05, 3.63) is 29.3 Å². The highest BCUT2D eigenvalue weighted by atomic mass is 16.6. The van der Waals surface area contributed by atoms with Crippen molar-refractivity contribution < 1.29 is 14.3 Å². The lowest BCUT2D eigenvalue weighted by Crippen LogP contribution is -2.51. The van der Waals surface area contributed by atoms with E-state index in [2.05, 4.69) is 15.9 Å². The highest BCUT2D eigenvalue weighted by Crippen LogP contribution is 2.34. The van der Waals surface area contributed by atoms with Gasteiger partial charge in [-0.1, -0.05) is 12.1 Å². The van der Waals surface area contributed by atoms with Gasteiger partial charge in [-0.2, -0.15) is 0 Å². The maximum atomic E-state index is 13.1. The van der Waals surface area contributed by atoms with Gasteiger partial charge in [-0.25, -0.2) is 4.79 Å². The molecule has 4 rings (SSSR count). The van der Waals surface area contributed by atoms with Gasteiger partial charge < -0.3 is 19.4 Å². The fourth-order valence-corrected chi connectivity index (χ4v) is 4.29. The summed E-state index contributed by atoms with van der Waals surface area (Å²) in [5, 5.41) is 0. The molecule has 7 nitrogen and oxygen atoms in total. The minimum absolute atomic E-state index is 0.154. The van der Waals surface area contributed by atoms with E-state index in [1.54, 1.807) is 4.90 Å². The number of nitrogens with zero attached hydrogens (tertiary/aromatic N) is 4. The second-order valence-electron chi connectivity index (χ2n) is 7.37. The van der Waals surface area contributed by atoms with Crippen molar-refractivity contribution in [2.24, 2.45) is 0 Å². The maximum Gasteiger partial charge on any atom is 0.409 e. The minimum Gasteiger partial charge on any atom is -0.450 e. The summed E-state index contributed by atoms with van der Waals surface area (Å²) in [6, 6.07) is 6.12. The summed E-state index contributed by atoms with van der Waals surface area (Å²) in [7, 11) is 0. The summed E-state index contributed by atoms with van der Waals surface area (Å²) in [4.78, 5) is 33.3. The van der Waals surface area contributed by atoms with Crippen LogP contribution >= 0.6 is 0 Å². The Morgan fingerprint density at radius 2 is 1.85 bits per heavy atom. The van der Waals surface area contributed by atoms with Crippen molar-refractivity contribution in [1.82, 2.24) is 14.7 Å². The second-order valence-corrected chi connectivity index (χ2v) is 7.37. The molecule has 0 saturated carbocycles. The van der Waals surface area contributed by atoms with Gasteiger partial charge in [-0.05, 0) is 25.0 Å². The topological polar surface area (TPSA) is 56.3 Å². The fraction of sp³-hybridized carbons (Fsp3) is 0.600. The Morgan fingerprint density at radius 3 is 2.63 bits per heavy atom. The van der Waals surface area contributed by atoms with Crippen molar-refractivity contribution >= 4 is 17.7 Å². The number of para-hydroxylation sites is 1. The van der Waals surface area contributed by atoms with E-state index >= 15 is 0 Å². The summed E-state index contributed by atoms with van der Waals surface area (Å²) in [5.74, 6) is 0.154. The molecule has 0 unspecified atom stereocenters. The van der Waals surface area contributed by atoms with Crippen LogP contribution in [0.4, 0.5) is 10.5 Å². The number of carbonyl (C=O) groups excluding carboxylic acids is 2. The van der Waals surface area contributed by atoms with Gasteiger partial charge in [0, 0.05) is 58.9 Å². The van der Waals surface area contributed by atoms with Crippen LogP contribution in [0, 0.1) is 0 Å². The van der Waals surface area contributed by atoms with Crippen molar-refractivity contribution in [2.75, 3.05) is 70.4 Å². The predicted molar refractivity (Wildman–Crippen MR) is 103 cm³/mol. The average molecular weight is 372 g/mol. The third-order valence-electron chi connectivity index (χ3n) is 5.83. The van der Waals surface area contributed by atoms with Crippen LogP contribution in [0.5, 0.6) is 0 Å². The van der Waals surface area contributed by atoms with E-state index in [1.807, 2.05) is 24.0 Å². The minimum atomic E-state index is -0.221. The van der Waals surface area contributed by atoms with E-state index < -0.39 is 0 Å². The average Bonchev–Trinajstić information content (AvgIpc) is 3.05. The van der Waals surface area contributed by atoms with Gasteiger partial charge in [0.2, 0.25) is 0 Å². The Labute approximate surface area is 160 Å². The summed E-state index contributed by atoms with van der Waals surface area (Å²) >= 11 is 0. The summed E-state index contributed by atoms with van der Waals surface area (Å²) in [6.07, 6.45) is 0.822. The Bertz CT molecular complexity index is 715. The van der Waals surface area contributed by atoms with Crippen molar-refractivity contribution in [3.63, 3.8) is 0 Å². The van der Waals surface area contributed by atoms with Crippen molar-refractivity contribution in [3.8, 4) is 0 Å². The molecule has 3 aliphatic rings. The van der Waals surface area contributed by atoms with Gasteiger partial charge >= 0.3 is 6.09 Å². The summed E-state index contributed by atoms with van der Waals surface area (Å²) in [5.41, 5.74) is 3.32. The van der Waals surface area contributed by atoms with Crippen LogP contribution in [0.25, 0.3) is 0 Å². The Kier molecular flexibility index (Phi) is 5.20. The molecule has 1 aromatic carbocycles. The van der Waals surface area contributed by atoms with Gasteiger partial charge in [-0.3, -0.25) is 9.69 Å². The first-order valence-corrected chi connectivity index (χ1v) is 9.97. The molecule has 0 N–H and O–H groups in total. The van der Waals surface area contributed by atoms with E-state index in [4.69, 9.17) is 4.74 Å². The molecule has 0 aliphatic carbocycles. The third kappa shape index (κ3) is 3.60. The summed E-state index contributed by atoms with van der Waals surface area (Å²) < 4.78 is 5.07. The lowest BCUT2D eigenvalue weighted by Gasteiger charge is -2.35. The lowest BCUT2D eigenvalue weighted by atomic mass is 10.1. The van der Waals surface area contributed by atoms with Crippen LogP contribution in [0.3, 0.4) is 0 Å². The predicted octanol–water partition coefficient (Wildman–Crippen LogP) is 1.28. The van der Waals surface area contributed by atoms with E-state index in [0.29, 0.717) is 19.7 Å². The zero-order valence-corrected chi connectivity index (χ0v) is 16.0. The van der Waals surface area contributed by atoms with Gasteiger partial charge in [0.05, 0.1) is 17.9 Å². The van der Waals surface area contributed by atoms with Gasteiger partial charge in [0.25, 0.3) is 5.91 Å². The number of benzene rings is 1. The van der Waals surface area contributed by atoms with Gasteiger partial charge in [0.15, 0.2) is 0 Å². The molecule has 1 saturated heterocycles. The first-order valence-electron chi connectivity index (χ1n) is 9.97. The Morgan fingerprint density at radius 1 is 1.04 bits per heavy atom. The van der Waals surface area contributed by atoms with Crippen molar-refractivity contribution in [2.45, 2.75) is 13.3 Å². The molecule has 146 valence electrons. The highest BCUT2D eigenvalue weighted by Gasteiger charge is 2.31. The Hall–Kier alpha value is -2.28. The molecule has 0 bridgehead atoms. The number of hydrogen-bond donors (Lipinski definition) is 0. The zero-order valence-electron chi connectivity index (χ0n) is 16.0. The number of carbonyl (C=O) groups is 2. The fourth-order valence-electron chi connectivity index (χ4n) is 4.29. The molecular formula is C20H28N4O3. The van der Waals surface area contributed by atoms with Crippen molar-refractivity contribution in [1.29, 1.82) is 0 Å². The molecule has 7 heteroatoms. The second kappa shape index (κ2) is 7.76. The highest BCUT2D eigenvalue weighted by molar-refractivity contribution is 6.01. The largest absolute Gasteiger partial charge is 0.450 e. The quantitative estimate of drug-likeness (QED) is 0.797. The van der Waals surface area contributed by atoms with E-state index in [9.17, 15) is 9.59 Å². The number of amides is 2. The first kappa shape index (κ1) is 18.1. The summed E-state index contributed by atoms with van der Waals surface area (Å²) in [6.45, 7) is 9.55.